The molecule has 0 spiro atoms. The van der Waals surface area contributed by atoms with Gasteiger partial charge in [0, 0.05) is 12.6 Å². The first kappa shape index (κ1) is 13.9. The molecular weight excluding hydrogens is 243 g/mol. The second kappa shape index (κ2) is 6.57. The van der Waals surface area contributed by atoms with Crippen LogP contribution >= 0.6 is 11.6 Å². The molecule has 3 nitrogen and oxygen atoms in total. The molecule has 1 unspecified atom stereocenters. The summed E-state index contributed by atoms with van der Waals surface area (Å²) in [6, 6.07) is 3.62. The zero-order valence-electron chi connectivity index (χ0n) is 9.67. The van der Waals surface area contributed by atoms with Gasteiger partial charge in [0.05, 0.1) is 10.6 Å². The molecule has 0 aliphatic heterocycles. The van der Waals surface area contributed by atoms with Crippen molar-refractivity contribution in [3.63, 3.8) is 0 Å². The van der Waals surface area contributed by atoms with Crippen LogP contribution in [0.3, 0.4) is 0 Å². The third kappa shape index (κ3) is 3.98. The van der Waals surface area contributed by atoms with Gasteiger partial charge < -0.3 is 11.1 Å². The molecule has 1 aromatic carbocycles. The molecule has 0 bridgehead atoms. The van der Waals surface area contributed by atoms with Crippen LogP contribution in [-0.4, -0.2) is 18.5 Å². The predicted octanol–water partition coefficient (Wildman–Crippen LogP) is 2.34. The highest BCUT2D eigenvalue weighted by molar-refractivity contribution is 6.33. The molecule has 5 heteroatoms. The lowest BCUT2D eigenvalue weighted by Gasteiger charge is -2.16. The Balaban J connectivity index is 2.75. The van der Waals surface area contributed by atoms with Crippen LogP contribution in [0.25, 0.3) is 0 Å². The standard InChI is InChI=1S/C12H16ClFN2O/c1-2-3-9(7-15)16-12(17)10-5-4-8(14)6-11(10)13/h4-6,9H,2-3,7,15H2,1H3,(H,16,17). The van der Waals surface area contributed by atoms with Crippen LogP contribution in [-0.2, 0) is 0 Å². The maximum Gasteiger partial charge on any atom is 0.253 e. The van der Waals surface area contributed by atoms with E-state index in [-0.39, 0.29) is 22.5 Å². The monoisotopic (exact) mass is 258 g/mol. The molecule has 0 saturated heterocycles. The number of halogens is 2. The van der Waals surface area contributed by atoms with Gasteiger partial charge in [-0.05, 0) is 24.6 Å². The Bertz CT molecular complexity index is 398. The van der Waals surface area contributed by atoms with Crippen LogP contribution in [0.4, 0.5) is 4.39 Å². The van der Waals surface area contributed by atoms with E-state index in [1.165, 1.54) is 12.1 Å². The molecule has 1 aromatic rings. The molecule has 0 fully saturated rings. The van der Waals surface area contributed by atoms with Crippen LogP contribution in [0, 0.1) is 5.82 Å². The van der Waals surface area contributed by atoms with E-state index >= 15 is 0 Å². The minimum Gasteiger partial charge on any atom is -0.348 e. The molecule has 94 valence electrons. The Morgan fingerprint density at radius 2 is 2.29 bits per heavy atom. The van der Waals surface area contributed by atoms with Gasteiger partial charge in [0.1, 0.15) is 5.82 Å². The van der Waals surface area contributed by atoms with Gasteiger partial charge in [0.15, 0.2) is 0 Å². The SMILES string of the molecule is CCCC(CN)NC(=O)c1ccc(F)cc1Cl. The lowest BCUT2D eigenvalue weighted by molar-refractivity contribution is 0.0936. The summed E-state index contributed by atoms with van der Waals surface area (Å²) in [5.74, 6) is -0.783. The number of carbonyl (C=O) groups excluding carboxylic acids is 1. The number of rotatable bonds is 5. The summed E-state index contributed by atoms with van der Waals surface area (Å²) in [5.41, 5.74) is 5.81. The second-order valence-electron chi connectivity index (χ2n) is 3.82. The fourth-order valence-electron chi connectivity index (χ4n) is 1.53. The molecular formula is C12H16ClFN2O. The highest BCUT2D eigenvalue weighted by Crippen LogP contribution is 2.17. The van der Waals surface area contributed by atoms with Gasteiger partial charge in [-0.25, -0.2) is 4.39 Å². The van der Waals surface area contributed by atoms with E-state index in [4.69, 9.17) is 17.3 Å². The summed E-state index contributed by atoms with van der Waals surface area (Å²) in [6.07, 6.45) is 1.74. The van der Waals surface area contributed by atoms with Crippen molar-refractivity contribution < 1.29 is 9.18 Å². The molecule has 1 atom stereocenters. The van der Waals surface area contributed by atoms with Crippen molar-refractivity contribution in [1.29, 1.82) is 0 Å². The van der Waals surface area contributed by atoms with Crippen molar-refractivity contribution in [1.82, 2.24) is 5.32 Å². The molecule has 0 radical (unpaired) electrons. The summed E-state index contributed by atoms with van der Waals surface area (Å²) in [7, 11) is 0. The van der Waals surface area contributed by atoms with Crippen molar-refractivity contribution in [2.24, 2.45) is 5.73 Å². The number of carbonyl (C=O) groups is 1. The highest BCUT2D eigenvalue weighted by atomic mass is 35.5. The molecule has 1 rings (SSSR count). The predicted molar refractivity (Wildman–Crippen MR) is 66.6 cm³/mol. The van der Waals surface area contributed by atoms with Crippen molar-refractivity contribution in [3.05, 3.63) is 34.6 Å². The summed E-state index contributed by atoms with van der Waals surface area (Å²) in [6.45, 7) is 2.39. The highest BCUT2D eigenvalue weighted by Gasteiger charge is 2.14. The van der Waals surface area contributed by atoms with E-state index in [1.54, 1.807) is 0 Å². The quantitative estimate of drug-likeness (QED) is 0.852. The normalized spacial score (nSPS) is 12.2. The summed E-state index contributed by atoms with van der Waals surface area (Å²) >= 11 is 5.80. The number of nitrogens with two attached hydrogens (primary N) is 1. The zero-order chi connectivity index (χ0) is 12.8. The molecule has 17 heavy (non-hydrogen) atoms. The lowest BCUT2D eigenvalue weighted by Crippen LogP contribution is -2.40. The second-order valence-corrected chi connectivity index (χ2v) is 4.23. The van der Waals surface area contributed by atoms with E-state index in [1.807, 2.05) is 6.92 Å². The Kier molecular flexibility index (Phi) is 5.38. The van der Waals surface area contributed by atoms with Crippen LogP contribution in [0.15, 0.2) is 18.2 Å². The largest absolute Gasteiger partial charge is 0.348 e. The minimum atomic E-state index is -0.463. The number of amides is 1. The van der Waals surface area contributed by atoms with E-state index in [0.717, 1.165) is 18.9 Å². The van der Waals surface area contributed by atoms with Crippen molar-refractivity contribution in [3.8, 4) is 0 Å². The first-order valence-corrected chi connectivity index (χ1v) is 5.92. The number of hydrogen-bond acceptors (Lipinski definition) is 2. The minimum absolute atomic E-state index is 0.0754. The van der Waals surface area contributed by atoms with E-state index in [9.17, 15) is 9.18 Å². The molecule has 0 heterocycles. The Morgan fingerprint density at radius 3 is 2.82 bits per heavy atom. The van der Waals surface area contributed by atoms with Crippen LogP contribution in [0.2, 0.25) is 5.02 Å². The summed E-state index contributed by atoms with van der Waals surface area (Å²) < 4.78 is 12.8. The summed E-state index contributed by atoms with van der Waals surface area (Å²) in [4.78, 5) is 11.8. The Morgan fingerprint density at radius 1 is 1.59 bits per heavy atom. The van der Waals surface area contributed by atoms with Gasteiger partial charge in [-0.1, -0.05) is 24.9 Å². The van der Waals surface area contributed by atoms with Crippen molar-refractivity contribution >= 4 is 17.5 Å². The van der Waals surface area contributed by atoms with Gasteiger partial charge in [-0.2, -0.15) is 0 Å². The van der Waals surface area contributed by atoms with Crippen LogP contribution in [0.5, 0.6) is 0 Å². The van der Waals surface area contributed by atoms with E-state index < -0.39 is 5.82 Å². The average molecular weight is 259 g/mol. The molecule has 3 N–H and O–H groups in total. The fraction of sp³-hybridized carbons (Fsp3) is 0.417. The molecule has 1 amide bonds. The van der Waals surface area contributed by atoms with Crippen LogP contribution in [0.1, 0.15) is 30.1 Å². The zero-order valence-corrected chi connectivity index (χ0v) is 10.4. The lowest BCUT2D eigenvalue weighted by atomic mass is 10.1. The maximum absolute atomic E-state index is 12.8. The van der Waals surface area contributed by atoms with Gasteiger partial charge in [0.2, 0.25) is 0 Å². The van der Waals surface area contributed by atoms with Gasteiger partial charge in [-0.15, -0.1) is 0 Å². The maximum atomic E-state index is 12.8. The van der Waals surface area contributed by atoms with Gasteiger partial charge in [0.25, 0.3) is 5.91 Å². The first-order valence-electron chi connectivity index (χ1n) is 5.54. The van der Waals surface area contributed by atoms with Gasteiger partial charge in [-0.3, -0.25) is 4.79 Å². The Labute approximate surface area is 105 Å². The molecule has 0 aromatic heterocycles. The van der Waals surface area contributed by atoms with Crippen LogP contribution < -0.4 is 11.1 Å². The van der Waals surface area contributed by atoms with E-state index in [0.29, 0.717) is 6.54 Å². The third-order valence-corrected chi connectivity index (χ3v) is 2.75. The van der Waals surface area contributed by atoms with Crippen molar-refractivity contribution in [2.75, 3.05) is 6.54 Å². The van der Waals surface area contributed by atoms with Crippen molar-refractivity contribution in [2.45, 2.75) is 25.8 Å². The third-order valence-electron chi connectivity index (χ3n) is 2.43. The smallest absolute Gasteiger partial charge is 0.253 e. The van der Waals surface area contributed by atoms with E-state index in [2.05, 4.69) is 5.32 Å². The topological polar surface area (TPSA) is 55.1 Å². The number of hydrogen-bond donors (Lipinski definition) is 2. The number of nitrogens with one attached hydrogen (secondary N) is 1. The number of benzene rings is 1. The molecule has 0 aliphatic rings. The molecule has 0 saturated carbocycles. The fourth-order valence-corrected chi connectivity index (χ4v) is 1.79. The first-order chi connectivity index (χ1) is 8.08. The average Bonchev–Trinajstić information content (AvgIpc) is 2.28. The Hall–Kier alpha value is -1.13. The summed E-state index contributed by atoms with van der Waals surface area (Å²) in [5, 5.41) is 2.88. The molecule has 0 aliphatic carbocycles. The van der Waals surface area contributed by atoms with Gasteiger partial charge >= 0.3 is 0 Å².